The van der Waals surface area contributed by atoms with E-state index in [1.54, 1.807) is 50.0 Å². The van der Waals surface area contributed by atoms with Gasteiger partial charge in [-0.2, -0.15) is 22.5 Å². The molecule has 0 bridgehead atoms. The van der Waals surface area contributed by atoms with Crippen LogP contribution in [0.5, 0.6) is 0 Å². The molecule has 0 saturated carbocycles. The van der Waals surface area contributed by atoms with Crippen LogP contribution in [0.1, 0.15) is 30.5 Å². The molecule has 0 aliphatic rings. The second kappa shape index (κ2) is 7.94. The van der Waals surface area contributed by atoms with Crippen molar-refractivity contribution in [3.63, 3.8) is 0 Å². The van der Waals surface area contributed by atoms with E-state index < -0.39 is 23.4 Å². The minimum absolute atomic E-state index is 0.0205. The van der Waals surface area contributed by atoms with Crippen LogP contribution < -0.4 is 4.57 Å². The molecule has 2 aromatic carbocycles. The molecule has 0 fully saturated rings. The summed E-state index contributed by atoms with van der Waals surface area (Å²) in [5, 5.41) is 1.21. The molecule has 0 radical (unpaired) electrons. The molecule has 36 heavy (non-hydrogen) atoms. The summed E-state index contributed by atoms with van der Waals surface area (Å²) in [6.07, 6.45) is -3.00. The monoisotopic (exact) mass is 500 g/mol. The summed E-state index contributed by atoms with van der Waals surface area (Å²) in [5.41, 5.74) is 1.53. The molecule has 0 spiro atoms. The van der Waals surface area contributed by atoms with Gasteiger partial charge >= 0.3 is 6.18 Å². The fourth-order valence-corrected chi connectivity index (χ4v) is 4.66. The van der Waals surface area contributed by atoms with E-state index in [-0.39, 0.29) is 23.1 Å². The molecule has 186 valence electrons. The quantitative estimate of drug-likeness (QED) is 0.152. The lowest BCUT2D eigenvalue weighted by Crippen LogP contribution is -2.34. The van der Waals surface area contributed by atoms with Gasteiger partial charge in [0, 0.05) is 0 Å². The summed E-state index contributed by atoms with van der Waals surface area (Å²) in [5.74, 6) is -1.22. The number of aromatic nitrogens is 3. The first-order valence-electron chi connectivity index (χ1n) is 11.3. The van der Waals surface area contributed by atoms with Crippen molar-refractivity contribution >= 4 is 33.0 Å². The molecule has 0 unspecified atom stereocenters. The number of aryl methyl sites for hydroxylation is 1. The van der Waals surface area contributed by atoms with Gasteiger partial charge in [-0.1, -0.05) is 19.9 Å². The zero-order chi connectivity index (χ0) is 26.2. The molecule has 0 atom stereocenters. The van der Waals surface area contributed by atoms with Crippen molar-refractivity contribution in [3.8, 4) is 11.3 Å². The number of alkyl halides is 3. The van der Waals surface area contributed by atoms with Gasteiger partial charge in [0.2, 0.25) is 11.7 Å². The molecule has 3 aromatic heterocycles. The molecule has 5 aromatic rings. The van der Waals surface area contributed by atoms with Crippen LogP contribution in [0.3, 0.4) is 0 Å². The molecule has 3 heterocycles. The minimum Gasteiger partial charge on any atom is -0.437 e. The molecular formula is C27H23F5N3O+. The number of halogens is 5. The van der Waals surface area contributed by atoms with Crippen molar-refractivity contribution in [2.75, 3.05) is 0 Å². The second-order valence-electron chi connectivity index (χ2n) is 9.85. The van der Waals surface area contributed by atoms with Crippen LogP contribution in [0.2, 0.25) is 0 Å². The Morgan fingerprint density at radius 3 is 2.36 bits per heavy atom. The zero-order valence-corrected chi connectivity index (χ0v) is 20.3. The summed E-state index contributed by atoms with van der Waals surface area (Å²) < 4.78 is 77.3. The summed E-state index contributed by atoms with van der Waals surface area (Å²) in [4.78, 5) is 8.23. The van der Waals surface area contributed by atoms with Crippen molar-refractivity contribution < 1.29 is 30.9 Å². The maximum atomic E-state index is 15.4. The van der Waals surface area contributed by atoms with E-state index in [0.717, 1.165) is 6.07 Å². The number of furan rings is 1. The van der Waals surface area contributed by atoms with Gasteiger partial charge in [-0.25, -0.2) is 8.96 Å². The lowest BCUT2D eigenvalue weighted by molar-refractivity contribution is -0.662. The first-order valence-corrected chi connectivity index (χ1v) is 11.3. The van der Waals surface area contributed by atoms with Gasteiger partial charge in [-0.05, 0) is 66.2 Å². The van der Waals surface area contributed by atoms with Crippen LogP contribution in [-0.2, 0) is 13.5 Å². The molecule has 0 amide bonds. The van der Waals surface area contributed by atoms with Crippen LogP contribution in [0.15, 0.2) is 41.1 Å². The molecule has 9 heteroatoms. The zero-order valence-electron chi connectivity index (χ0n) is 20.3. The molecule has 0 aliphatic carbocycles. The van der Waals surface area contributed by atoms with Gasteiger partial charge in [0.15, 0.2) is 11.1 Å². The van der Waals surface area contributed by atoms with Crippen molar-refractivity contribution in [3.05, 3.63) is 65.1 Å². The van der Waals surface area contributed by atoms with Gasteiger partial charge < -0.3 is 4.42 Å². The average molecular weight is 500 g/mol. The molecule has 0 N–H and O–H groups in total. The number of fused-ring (bicyclic) bond motifs is 4. The molecule has 4 nitrogen and oxygen atoms in total. The van der Waals surface area contributed by atoms with Crippen LogP contribution in [0.25, 0.3) is 44.2 Å². The van der Waals surface area contributed by atoms with Crippen molar-refractivity contribution in [2.45, 2.75) is 40.3 Å². The number of rotatable bonds is 3. The molecule has 0 saturated heterocycles. The maximum absolute atomic E-state index is 15.4. The van der Waals surface area contributed by atoms with Crippen LogP contribution in [0.4, 0.5) is 22.0 Å². The van der Waals surface area contributed by atoms with Crippen molar-refractivity contribution in [1.29, 1.82) is 0 Å². The smallest absolute Gasteiger partial charge is 0.394 e. The Labute approximate surface area is 203 Å². The van der Waals surface area contributed by atoms with Crippen LogP contribution in [-0.4, -0.2) is 16.1 Å². The van der Waals surface area contributed by atoms with E-state index in [9.17, 15) is 17.6 Å². The number of hydrogen-bond donors (Lipinski definition) is 0. The summed E-state index contributed by atoms with van der Waals surface area (Å²) in [7, 11) is 1.77. The highest BCUT2D eigenvalue weighted by Gasteiger charge is 2.47. The fraction of sp³-hybridized carbons (Fsp3) is 0.296. The standard InChI is InChI=1S/C27H23F5N3O/c1-13-14(2)22(29)21-17-8-9-19(28)34-25(17)36-24(21)20(13)23-16-7-6-15(10-18(16)33-12-35(23)5)11-26(3,4)27(30,31)32/h6-10,12H,11H2,1-5H3/q+1. The highest BCUT2D eigenvalue weighted by Crippen LogP contribution is 2.43. The van der Waals surface area contributed by atoms with Gasteiger partial charge in [0.25, 0.3) is 6.33 Å². The summed E-state index contributed by atoms with van der Waals surface area (Å²) >= 11 is 0. The Kier molecular flexibility index (Phi) is 5.32. The SMILES string of the molecule is Cc1c(C)c(F)c2c(oc3nc(F)ccc32)c1-c1c2ccc(CC(C)(C)C(F)(F)F)cc2nc[n+]1C. The second-order valence-corrected chi connectivity index (χ2v) is 9.85. The third-order valence-electron chi connectivity index (χ3n) is 6.92. The predicted molar refractivity (Wildman–Crippen MR) is 126 cm³/mol. The topological polar surface area (TPSA) is 42.8 Å². The van der Waals surface area contributed by atoms with Crippen molar-refractivity contribution in [2.24, 2.45) is 12.5 Å². The van der Waals surface area contributed by atoms with E-state index in [2.05, 4.69) is 9.97 Å². The largest absolute Gasteiger partial charge is 0.437 e. The van der Waals surface area contributed by atoms with Gasteiger partial charge in [-0.3, -0.25) is 0 Å². The Balaban J connectivity index is 1.80. The highest BCUT2D eigenvalue weighted by atomic mass is 19.4. The normalized spacial score (nSPS) is 12.8. The van der Waals surface area contributed by atoms with Gasteiger partial charge in [0.1, 0.15) is 11.5 Å². The molecule has 0 aliphatic heterocycles. The number of pyridine rings is 1. The summed E-state index contributed by atoms with van der Waals surface area (Å²) in [6.45, 7) is 5.76. The first kappa shape index (κ1) is 24.1. The highest BCUT2D eigenvalue weighted by molar-refractivity contribution is 6.11. The lowest BCUT2D eigenvalue weighted by Gasteiger charge is -2.27. The van der Waals surface area contributed by atoms with Crippen LogP contribution in [0, 0.1) is 31.0 Å². The van der Waals surface area contributed by atoms with E-state index in [1.165, 1.54) is 19.9 Å². The predicted octanol–water partition coefficient (Wildman–Crippen LogP) is 7.05. The fourth-order valence-electron chi connectivity index (χ4n) is 4.66. The Hall–Kier alpha value is -3.62. The third kappa shape index (κ3) is 3.60. The Morgan fingerprint density at radius 2 is 1.67 bits per heavy atom. The van der Waals surface area contributed by atoms with E-state index in [0.29, 0.717) is 44.2 Å². The van der Waals surface area contributed by atoms with Gasteiger partial charge in [-0.15, -0.1) is 0 Å². The average Bonchev–Trinajstić information content (AvgIpc) is 3.16. The van der Waals surface area contributed by atoms with E-state index in [1.807, 2.05) is 0 Å². The van der Waals surface area contributed by atoms with Crippen LogP contribution >= 0.6 is 0 Å². The first-order chi connectivity index (χ1) is 16.8. The van der Waals surface area contributed by atoms with E-state index in [4.69, 9.17) is 4.42 Å². The molecule has 5 rings (SSSR count). The Morgan fingerprint density at radius 1 is 0.972 bits per heavy atom. The number of hydrogen-bond acceptors (Lipinski definition) is 3. The van der Waals surface area contributed by atoms with Gasteiger partial charge in [0.05, 0.1) is 34.2 Å². The lowest BCUT2D eigenvalue weighted by atomic mass is 9.84. The third-order valence-corrected chi connectivity index (χ3v) is 6.92. The maximum Gasteiger partial charge on any atom is 0.394 e. The number of benzene rings is 2. The minimum atomic E-state index is -4.35. The van der Waals surface area contributed by atoms with E-state index >= 15 is 4.39 Å². The Bertz CT molecular complexity index is 1690. The summed E-state index contributed by atoms with van der Waals surface area (Å²) in [6, 6.07) is 7.61. The molecular weight excluding hydrogens is 477 g/mol. The van der Waals surface area contributed by atoms with Crippen molar-refractivity contribution in [1.82, 2.24) is 9.97 Å². The number of nitrogens with zero attached hydrogens (tertiary/aromatic N) is 3.